The Morgan fingerprint density at radius 3 is 2.08 bits per heavy atom. The number of rotatable bonds is 3. The van der Waals surface area contributed by atoms with Gasteiger partial charge in [-0.25, -0.2) is 4.39 Å². The molecule has 2 aromatic carbocycles. The number of likely N-dealkylation sites (N-methyl/N-ethyl adjacent to an activating group) is 1. The molecule has 0 aliphatic carbocycles. The Labute approximate surface area is 204 Å². The zero-order valence-electron chi connectivity index (χ0n) is 19.5. The molecule has 0 saturated carbocycles. The van der Waals surface area contributed by atoms with E-state index in [-0.39, 0.29) is 37.0 Å². The first-order valence-electron chi connectivity index (χ1n) is 11.6. The molecule has 36 heavy (non-hydrogen) atoms. The monoisotopic (exact) mass is 517 g/mol. The first-order valence-corrected chi connectivity index (χ1v) is 11.6. The second-order valence-corrected chi connectivity index (χ2v) is 9.48. The van der Waals surface area contributed by atoms with Crippen LogP contribution in [0.3, 0.4) is 0 Å². The normalized spacial score (nSPS) is 24.1. The Bertz CT molecular complexity index is 1050. The van der Waals surface area contributed by atoms with Gasteiger partial charge in [0.2, 0.25) is 0 Å². The number of amides is 1. The number of hydrogen-bond donors (Lipinski definition) is 1. The number of piperazine rings is 1. The van der Waals surface area contributed by atoms with Gasteiger partial charge in [0, 0.05) is 50.2 Å². The van der Waals surface area contributed by atoms with E-state index < -0.39 is 40.8 Å². The molecule has 4 nitrogen and oxygen atoms in total. The zero-order chi connectivity index (χ0) is 26.3. The number of carbonyl (C=O) groups excluding carboxylic acids is 1. The Hall–Kier alpha value is -2.66. The third-order valence-corrected chi connectivity index (χ3v) is 7.01. The number of hydrogen-bond acceptors (Lipinski definition) is 3. The lowest BCUT2D eigenvalue weighted by Gasteiger charge is -2.45. The van der Waals surface area contributed by atoms with Crippen molar-refractivity contribution in [2.45, 2.75) is 30.7 Å². The summed E-state index contributed by atoms with van der Waals surface area (Å²) in [5.74, 6) is -1.57. The van der Waals surface area contributed by atoms with E-state index in [0.717, 1.165) is 25.2 Å². The quantitative estimate of drug-likeness (QED) is 0.582. The summed E-state index contributed by atoms with van der Waals surface area (Å²) in [6, 6.07) is 6.84. The number of nitrogens with one attached hydrogen (secondary N) is 1. The molecule has 0 aromatic heterocycles. The highest BCUT2D eigenvalue weighted by atomic mass is 19.4. The van der Waals surface area contributed by atoms with Crippen molar-refractivity contribution in [2.24, 2.45) is 5.92 Å². The molecular weight excluding hydrogens is 491 g/mol. The van der Waals surface area contributed by atoms with Crippen molar-refractivity contribution in [3.05, 3.63) is 70.5 Å². The fourth-order valence-corrected chi connectivity index (χ4v) is 5.18. The molecule has 0 bridgehead atoms. The molecule has 3 unspecified atom stereocenters. The summed E-state index contributed by atoms with van der Waals surface area (Å²) in [5.41, 5.74) is -2.96. The van der Waals surface area contributed by atoms with Crippen LogP contribution in [0.1, 0.15) is 39.4 Å². The maximum atomic E-state index is 13.6. The predicted molar refractivity (Wildman–Crippen MR) is 119 cm³/mol. The van der Waals surface area contributed by atoms with E-state index in [4.69, 9.17) is 0 Å². The van der Waals surface area contributed by atoms with Crippen molar-refractivity contribution in [3.63, 3.8) is 0 Å². The lowest BCUT2D eigenvalue weighted by Crippen LogP contribution is -2.56. The summed E-state index contributed by atoms with van der Waals surface area (Å²) in [6.07, 6.45) is -9.60. The largest absolute Gasteiger partial charge is 0.416 e. The van der Waals surface area contributed by atoms with E-state index in [1.807, 2.05) is 7.05 Å². The molecule has 1 N–H and O–H groups in total. The summed E-state index contributed by atoms with van der Waals surface area (Å²) in [6.45, 7) is 2.65. The van der Waals surface area contributed by atoms with Gasteiger partial charge in [-0.1, -0.05) is 12.1 Å². The average molecular weight is 517 g/mol. The second-order valence-electron chi connectivity index (χ2n) is 9.48. The molecule has 2 aliphatic rings. The molecule has 4 rings (SSSR count). The molecule has 2 aliphatic heterocycles. The van der Waals surface area contributed by atoms with Crippen LogP contribution in [0, 0.1) is 11.7 Å². The highest BCUT2D eigenvalue weighted by Gasteiger charge is 2.41. The fraction of sp³-hybridized carbons (Fsp3) is 0.480. The third kappa shape index (κ3) is 5.83. The minimum absolute atomic E-state index is 0.00950. The van der Waals surface area contributed by atoms with Crippen molar-refractivity contribution in [2.75, 3.05) is 39.8 Å². The standard InChI is InChI=1S/C25H26F7N3O/c1-34-9-7-33-22(14-34)20-6-8-35(13-21(20)15-2-4-19(26)5-3-15)23(36)16-10-17(24(27,28)29)12-18(11-16)25(30,31)32/h2-5,10-12,20-22,33H,6-9,13-14H2,1H3. The third-order valence-electron chi connectivity index (χ3n) is 7.01. The molecule has 11 heteroatoms. The second kappa shape index (κ2) is 10.0. The van der Waals surface area contributed by atoms with Crippen molar-refractivity contribution < 1.29 is 35.5 Å². The van der Waals surface area contributed by atoms with Gasteiger partial charge in [-0.15, -0.1) is 0 Å². The minimum Gasteiger partial charge on any atom is -0.338 e. The molecule has 2 fully saturated rings. The number of nitrogens with zero attached hydrogens (tertiary/aromatic N) is 2. The Balaban J connectivity index is 1.65. The smallest absolute Gasteiger partial charge is 0.338 e. The minimum atomic E-state index is -5.04. The Morgan fingerprint density at radius 2 is 1.53 bits per heavy atom. The molecule has 3 atom stereocenters. The highest BCUT2D eigenvalue weighted by molar-refractivity contribution is 5.95. The van der Waals surface area contributed by atoms with Crippen LogP contribution in [0.15, 0.2) is 42.5 Å². The van der Waals surface area contributed by atoms with Gasteiger partial charge in [-0.3, -0.25) is 4.79 Å². The highest BCUT2D eigenvalue weighted by Crippen LogP contribution is 2.39. The summed E-state index contributed by atoms with van der Waals surface area (Å²) in [4.78, 5) is 16.7. The fourth-order valence-electron chi connectivity index (χ4n) is 5.18. The van der Waals surface area contributed by atoms with E-state index in [9.17, 15) is 35.5 Å². The van der Waals surface area contributed by atoms with E-state index in [2.05, 4.69) is 10.2 Å². The first-order chi connectivity index (χ1) is 16.8. The Kier molecular flexibility index (Phi) is 7.34. The number of halogens is 7. The summed E-state index contributed by atoms with van der Waals surface area (Å²) < 4.78 is 93.5. The van der Waals surface area contributed by atoms with Crippen LogP contribution in [0.25, 0.3) is 0 Å². The van der Waals surface area contributed by atoms with Crippen LogP contribution >= 0.6 is 0 Å². The molecule has 2 heterocycles. The topological polar surface area (TPSA) is 35.6 Å². The first kappa shape index (κ1) is 26.4. The van der Waals surface area contributed by atoms with Crippen LogP contribution < -0.4 is 5.32 Å². The van der Waals surface area contributed by atoms with Gasteiger partial charge in [-0.05, 0) is 55.3 Å². The maximum Gasteiger partial charge on any atom is 0.416 e. The molecule has 0 spiro atoms. The van der Waals surface area contributed by atoms with Gasteiger partial charge < -0.3 is 15.1 Å². The lowest BCUT2D eigenvalue weighted by atomic mass is 9.75. The summed E-state index contributed by atoms with van der Waals surface area (Å²) in [5, 5.41) is 3.49. The van der Waals surface area contributed by atoms with Crippen LogP contribution in [0.5, 0.6) is 0 Å². The molecule has 0 radical (unpaired) electrons. The molecule has 2 saturated heterocycles. The van der Waals surface area contributed by atoms with Crippen LogP contribution in [-0.2, 0) is 12.4 Å². The van der Waals surface area contributed by atoms with Crippen molar-refractivity contribution in [1.82, 2.24) is 15.1 Å². The molecule has 2 aromatic rings. The maximum absolute atomic E-state index is 13.6. The van der Waals surface area contributed by atoms with Crippen molar-refractivity contribution >= 4 is 5.91 Å². The van der Waals surface area contributed by atoms with Gasteiger partial charge in [-0.2, -0.15) is 26.3 Å². The van der Waals surface area contributed by atoms with Gasteiger partial charge in [0.05, 0.1) is 11.1 Å². The van der Waals surface area contributed by atoms with Gasteiger partial charge in [0.1, 0.15) is 5.82 Å². The summed E-state index contributed by atoms with van der Waals surface area (Å²) in [7, 11) is 1.99. The number of carbonyl (C=O) groups is 1. The van der Waals surface area contributed by atoms with Crippen LogP contribution in [0.2, 0.25) is 0 Å². The number of alkyl halides is 6. The Morgan fingerprint density at radius 1 is 0.917 bits per heavy atom. The van der Waals surface area contributed by atoms with Gasteiger partial charge in [0.15, 0.2) is 0 Å². The van der Waals surface area contributed by atoms with Crippen molar-refractivity contribution in [3.8, 4) is 0 Å². The van der Waals surface area contributed by atoms with Gasteiger partial charge >= 0.3 is 12.4 Å². The summed E-state index contributed by atoms with van der Waals surface area (Å²) >= 11 is 0. The predicted octanol–water partition coefficient (Wildman–Crippen LogP) is 5.01. The van der Waals surface area contributed by atoms with Crippen molar-refractivity contribution in [1.29, 1.82) is 0 Å². The molecule has 196 valence electrons. The number of likely N-dealkylation sites (tertiary alicyclic amines) is 1. The average Bonchev–Trinajstić information content (AvgIpc) is 2.82. The van der Waals surface area contributed by atoms with E-state index in [0.29, 0.717) is 18.6 Å². The van der Waals surface area contributed by atoms with Crippen LogP contribution in [0.4, 0.5) is 30.7 Å². The number of benzene rings is 2. The van der Waals surface area contributed by atoms with E-state index in [1.54, 1.807) is 12.1 Å². The SMILES string of the molecule is CN1CCNC(C2CCN(C(=O)c3cc(C(F)(F)F)cc(C(F)(F)F)c3)CC2c2ccc(F)cc2)C1. The molecular formula is C25H26F7N3O. The van der Waals surface area contributed by atoms with Gasteiger partial charge in [0.25, 0.3) is 5.91 Å². The molecule has 1 amide bonds. The lowest BCUT2D eigenvalue weighted by molar-refractivity contribution is -0.143. The number of piperidine rings is 1. The van der Waals surface area contributed by atoms with Crippen LogP contribution in [-0.4, -0.2) is 61.5 Å². The zero-order valence-corrected chi connectivity index (χ0v) is 19.5. The van der Waals surface area contributed by atoms with E-state index in [1.165, 1.54) is 17.0 Å². The van der Waals surface area contributed by atoms with E-state index >= 15 is 0 Å².